The van der Waals surface area contributed by atoms with Gasteiger partial charge in [-0.3, -0.25) is 0 Å². The predicted octanol–water partition coefficient (Wildman–Crippen LogP) is -1.47. The molecule has 0 fully saturated rings. The molecule has 0 spiro atoms. The van der Waals surface area contributed by atoms with Crippen molar-refractivity contribution in [1.29, 1.82) is 0 Å². The van der Waals surface area contributed by atoms with Crippen LogP contribution in [0.2, 0.25) is 0 Å². The monoisotopic (exact) mass is 297 g/mol. The van der Waals surface area contributed by atoms with Gasteiger partial charge in [-0.15, -0.1) is 0 Å². The standard InChI is InChI=1S/C12H9N3O3S.Na/c16-19(17,18)11-7-2-1-4-8(11)9-5-3-6-10-12(9)14-15-13-10;/h1-7H,(H,13,14,15)(H,16,17,18);/q;+1/p-1. The first-order valence-electron chi connectivity index (χ1n) is 5.42. The average molecular weight is 297 g/mol. The Hall–Kier alpha value is -1.25. The van der Waals surface area contributed by atoms with Crippen molar-refractivity contribution in [1.82, 2.24) is 15.4 Å². The Bertz CT molecular complexity index is 861. The molecule has 20 heavy (non-hydrogen) atoms. The molecule has 1 N–H and O–H groups in total. The maximum absolute atomic E-state index is 11.3. The fourth-order valence-electron chi connectivity index (χ4n) is 1.99. The van der Waals surface area contributed by atoms with Crippen LogP contribution < -0.4 is 29.6 Å². The third-order valence-corrected chi connectivity index (χ3v) is 3.69. The van der Waals surface area contributed by atoms with E-state index < -0.39 is 10.1 Å². The van der Waals surface area contributed by atoms with Crippen molar-refractivity contribution in [2.24, 2.45) is 0 Å². The van der Waals surface area contributed by atoms with Crippen molar-refractivity contribution >= 4 is 21.2 Å². The molecule has 6 nitrogen and oxygen atoms in total. The summed E-state index contributed by atoms with van der Waals surface area (Å²) in [7, 11) is -4.54. The molecule has 0 atom stereocenters. The van der Waals surface area contributed by atoms with Gasteiger partial charge < -0.3 is 4.55 Å². The van der Waals surface area contributed by atoms with Crippen molar-refractivity contribution in [3.05, 3.63) is 42.5 Å². The molecular formula is C12H8N3NaO3S. The first kappa shape index (κ1) is 15.1. The Balaban J connectivity index is 0.00000147. The summed E-state index contributed by atoms with van der Waals surface area (Å²) in [5.74, 6) is 0. The maximum atomic E-state index is 11.3. The summed E-state index contributed by atoms with van der Waals surface area (Å²) in [6.45, 7) is 0. The number of nitrogens with zero attached hydrogens (tertiary/aromatic N) is 2. The van der Waals surface area contributed by atoms with E-state index in [4.69, 9.17) is 0 Å². The fourth-order valence-corrected chi connectivity index (χ4v) is 2.68. The maximum Gasteiger partial charge on any atom is 1.00 e. The van der Waals surface area contributed by atoms with Gasteiger partial charge >= 0.3 is 29.6 Å². The van der Waals surface area contributed by atoms with Crippen LogP contribution in [0.1, 0.15) is 0 Å². The quantitative estimate of drug-likeness (QED) is 0.460. The molecule has 96 valence electrons. The van der Waals surface area contributed by atoms with E-state index in [0.717, 1.165) is 0 Å². The molecule has 0 saturated heterocycles. The number of H-pyrrole nitrogens is 1. The van der Waals surface area contributed by atoms with Crippen molar-refractivity contribution in [3.63, 3.8) is 0 Å². The number of aromatic amines is 1. The van der Waals surface area contributed by atoms with E-state index in [1.54, 1.807) is 30.3 Å². The third kappa shape index (κ3) is 2.63. The number of fused-ring (bicyclic) bond motifs is 1. The molecule has 0 aliphatic carbocycles. The first-order valence-corrected chi connectivity index (χ1v) is 6.83. The van der Waals surface area contributed by atoms with Crippen LogP contribution in [0.5, 0.6) is 0 Å². The molecule has 3 aromatic rings. The summed E-state index contributed by atoms with van der Waals surface area (Å²) in [6, 6.07) is 11.2. The molecule has 1 aromatic heterocycles. The summed E-state index contributed by atoms with van der Waals surface area (Å²) in [6.07, 6.45) is 0. The van der Waals surface area contributed by atoms with E-state index in [1.807, 2.05) is 0 Å². The number of benzene rings is 2. The van der Waals surface area contributed by atoms with Crippen LogP contribution in [-0.4, -0.2) is 28.4 Å². The molecule has 0 saturated carbocycles. The van der Waals surface area contributed by atoms with Gasteiger partial charge in [-0.2, -0.15) is 15.4 Å². The van der Waals surface area contributed by atoms with Crippen LogP contribution in [0.3, 0.4) is 0 Å². The largest absolute Gasteiger partial charge is 1.00 e. The number of rotatable bonds is 2. The van der Waals surface area contributed by atoms with Gasteiger partial charge in [-0.25, -0.2) is 8.42 Å². The minimum atomic E-state index is -4.54. The van der Waals surface area contributed by atoms with E-state index in [9.17, 15) is 13.0 Å². The summed E-state index contributed by atoms with van der Waals surface area (Å²) < 4.78 is 33.9. The van der Waals surface area contributed by atoms with E-state index >= 15 is 0 Å². The smallest absolute Gasteiger partial charge is 0.744 e. The van der Waals surface area contributed by atoms with Gasteiger partial charge in [0, 0.05) is 11.1 Å². The van der Waals surface area contributed by atoms with Crippen LogP contribution >= 0.6 is 0 Å². The Kier molecular flexibility index (Phi) is 4.26. The molecule has 2 aromatic carbocycles. The third-order valence-electron chi connectivity index (χ3n) is 2.79. The second kappa shape index (κ2) is 5.63. The molecule has 0 aliphatic heterocycles. The Morgan fingerprint density at radius 2 is 1.65 bits per heavy atom. The molecule has 8 heteroatoms. The summed E-state index contributed by atoms with van der Waals surface area (Å²) in [4.78, 5) is -0.259. The van der Waals surface area contributed by atoms with Crippen LogP contribution in [0.15, 0.2) is 47.4 Å². The van der Waals surface area contributed by atoms with E-state index in [0.29, 0.717) is 22.2 Å². The van der Waals surface area contributed by atoms with Gasteiger partial charge in [0.05, 0.1) is 4.90 Å². The second-order valence-corrected chi connectivity index (χ2v) is 5.30. The molecule has 0 unspecified atom stereocenters. The van der Waals surface area contributed by atoms with Crippen LogP contribution in [0, 0.1) is 0 Å². The van der Waals surface area contributed by atoms with E-state index in [-0.39, 0.29) is 34.5 Å². The molecule has 0 amide bonds. The van der Waals surface area contributed by atoms with Gasteiger partial charge in [0.1, 0.15) is 21.2 Å². The molecule has 0 radical (unpaired) electrons. The molecule has 1 heterocycles. The van der Waals surface area contributed by atoms with Crippen LogP contribution in [-0.2, 0) is 10.1 Å². The minimum Gasteiger partial charge on any atom is -0.744 e. The topological polar surface area (TPSA) is 98.8 Å². The fraction of sp³-hybridized carbons (Fsp3) is 0. The number of para-hydroxylation sites is 1. The number of aromatic nitrogens is 3. The number of hydrogen-bond acceptors (Lipinski definition) is 5. The van der Waals surface area contributed by atoms with Crippen molar-refractivity contribution < 1.29 is 42.5 Å². The molecular weight excluding hydrogens is 289 g/mol. The van der Waals surface area contributed by atoms with Gasteiger partial charge in [0.25, 0.3) is 0 Å². The van der Waals surface area contributed by atoms with Gasteiger partial charge in [-0.05, 0) is 12.1 Å². The zero-order valence-electron chi connectivity index (χ0n) is 10.6. The van der Waals surface area contributed by atoms with E-state index in [2.05, 4.69) is 15.4 Å². The second-order valence-electron chi connectivity index (χ2n) is 3.95. The summed E-state index contributed by atoms with van der Waals surface area (Å²) in [5.41, 5.74) is 2.02. The predicted molar refractivity (Wildman–Crippen MR) is 67.3 cm³/mol. The zero-order valence-corrected chi connectivity index (χ0v) is 13.4. The van der Waals surface area contributed by atoms with Crippen molar-refractivity contribution in [2.75, 3.05) is 0 Å². The van der Waals surface area contributed by atoms with Crippen molar-refractivity contribution in [3.8, 4) is 11.1 Å². The normalized spacial score (nSPS) is 11.2. The Morgan fingerprint density at radius 3 is 2.40 bits per heavy atom. The minimum absolute atomic E-state index is 0. The summed E-state index contributed by atoms with van der Waals surface area (Å²) >= 11 is 0. The van der Waals surface area contributed by atoms with E-state index in [1.165, 1.54) is 12.1 Å². The molecule has 0 bridgehead atoms. The number of hydrogen-bond donors (Lipinski definition) is 1. The Labute approximate surface area is 137 Å². The molecule has 3 rings (SSSR count). The van der Waals surface area contributed by atoms with Crippen LogP contribution in [0.25, 0.3) is 22.2 Å². The number of nitrogens with one attached hydrogen (secondary N) is 1. The van der Waals surface area contributed by atoms with Crippen molar-refractivity contribution in [2.45, 2.75) is 4.90 Å². The molecule has 0 aliphatic rings. The van der Waals surface area contributed by atoms with Gasteiger partial charge in [0.2, 0.25) is 0 Å². The Morgan fingerprint density at radius 1 is 0.950 bits per heavy atom. The SMILES string of the molecule is O=S(=O)([O-])c1ccccc1-c1cccc2n[nH]nc12.[Na+]. The van der Waals surface area contributed by atoms with Gasteiger partial charge in [0.15, 0.2) is 0 Å². The average Bonchev–Trinajstić information content (AvgIpc) is 2.85. The van der Waals surface area contributed by atoms with Gasteiger partial charge in [-0.1, -0.05) is 30.3 Å². The first-order chi connectivity index (χ1) is 9.07. The summed E-state index contributed by atoms with van der Waals surface area (Å²) in [5, 5.41) is 10.4. The zero-order chi connectivity index (χ0) is 13.5. The van der Waals surface area contributed by atoms with Crippen LogP contribution in [0.4, 0.5) is 0 Å².